The molecule has 1 atom stereocenters. The molecule has 0 aliphatic heterocycles. The van der Waals surface area contributed by atoms with Crippen molar-refractivity contribution in [3.63, 3.8) is 0 Å². The maximum absolute atomic E-state index is 12.6. The zero-order chi connectivity index (χ0) is 13.2. The van der Waals surface area contributed by atoms with Gasteiger partial charge in [0.05, 0.1) is 5.56 Å². The molecule has 0 aliphatic carbocycles. The molecule has 94 valence electrons. The van der Waals surface area contributed by atoms with E-state index in [-0.39, 0.29) is 12.0 Å². The first-order valence-corrected chi connectivity index (χ1v) is 4.87. The number of halogens is 3. The zero-order valence-corrected chi connectivity index (χ0v) is 9.08. The molecule has 0 amide bonds. The van der Waals surface area contributed by atoms with Crippen molar-refractivity contribution >= 4 is 5.97 Å². The van der Waals surface area contributed by atoms with Gasteiger partial charge in [-0.2, -0.15) is 13.2 Å². The van der Waals surface area contributed by atoms with Crippen LogP contribution in [0.25, 0.3) is 0 Å². The molecule has 1 aromatic rings. The molecule has 0 aromatic heterocycles. The molecule has 0 radical (unpaired) electrons. The van der Waals surface area contributed by atoms with Crippen LogP contribution in [0.1, 0.15) is 16.7 Å². The first-order valence-electron chi connectivity index (χ1n) is 4.87. The molecule has 0 saturated carbocycles. The van der Waals surface area contributed by atoms with E-state index >= 15 is 0 Å². The number of nitrogens with two attached hydrogens (primary N) is 1. The molecule has 0 bridgehead atoms. The number of carbonyl (C=O) groups is 1. The maximum Gasteiger partial charge on any atom is 0.416 e. The molecule has 6 heteroatoms. The Balaban J connectivity index is 3.12. The normalized spacial score (nSPS) is 13.5. The van der Waals surface area contributed by atoms with Gasteiger partial charge in [0.25, 0.3) is 0 Å². The number of rotatable bonds is 3. The third-order valence-electron chi connectivity index (χ3n) is 2.32. The number of aliphatic carboxylic acids is 1. The highest BCUT2D eigenvalue weighted by Gasteiger charge is 2.33. The van der Waals surface area contributed by atoms with Gasteiger partial charge in [-0.3, -0.25) is 4.79 Å². The fourth-order valence-electron chi connectivity index (χ4n) is 1.49. The van der Waals surface area contributed by atoms with Crippen LogP contribution in [-0.2, 0) is 17.4 Å². The lowest BCUT2D eigenvalue weighted by Gasteiger charge is -2.15. The van der Waals surface area contributed by atoms with Crippen LogP contribution in [0.4, 0.5) is 13.2 Å². The summed E-state index contributed by atoms with van der Waals surface area (Å²) in [7, 11) is 0. The lowest BCUT2D eigenvalue weighted by atomic mass is 9.98. The lowest BCUT2D eigenvalue weighted by Crippen LogP contribution is -2.33. The third kappa shape index (κ3) is 3.45. The summed E-state index contributed by atoms with van der Waals surface area (Å²) < 4.78 is 37.9. The number of hydrogen-bond donors (Lipinski definition) is 2. The van der Waals surface area contributed by atoms with Gasteiger partial charge in [-0.15, -0.1) is 0 Å². The summed E-state index contributed by atoms with van der Waals surface area (Å²) in [5, 5.41) is 8.60. The molecule has 3 nitrogen and oxygen atoms in total. The Hall–Kier alpha value is -1.56. The summed E-state index contributed by atoms with van der Waals surface area (Å²) >= 11 is 0. The standard InChI is InChI=1S/C11H12F3NO2/c1-6-2-3-8(11(12,13)14)7(4-6)5-9(15)10(16)17/h2-4,9H,5,15H2,1H3,(H,16,17)/t9-/m0/s1. The van der Waals surface area contributed by atoms with Crippen LogP contribution in [0.3, 0.4) is 0 Å². The molecule has 0 aliphatic rings. The summed E-state index contributed by atoms with van der Waals surface area (Å²) in [4.78, 5) is 10.5. The lowest BCUT2D eigenvalue weighted by molar-refractivity contribution is -0.140. The van der Waals surface area contributed by atoms with Crippen LogP contribution in [0, 0.1) is 6.92 Å². The molecule has 1 rings (SSSR count). The Labute approximate surface area is 96.0 Å². The summed E-state index contributed by atoms with van der Waals surface area (Å²) in [5.74, 6) is -1.32. The highest BCUT2D eigenvalue weighted by atomic mass is 19.4. The number of hydrogen-bond acceptors (Lipinski definition) is 2. The van der Waals surface area contributed by atoms with E-state index in [2.05, 4.69) is 0 Å². The fraction of sp³-hybridized carbons (Fsp3) is 0.364. The topological polar surface area (TPSA) is 63.3 Å². The van der Waals surface area contributed by atoms with Crippen molar-refractivity contribution in [2.45, 2.75) is 25.6 Å². The highest BCUT2D eigenvalue weighted by molar-refractivity contribution is 5.73. The van der Waals surface area contributed by atoms with E-state index in [0.29, 0.717) is 5.56 Å². The highest BCUT2D eigenvalue weighted by Crippen LogP contribution is 2.32. The second kappa shape index (κ2) is 4.75. The van der Waals surface area contributed by atoms with Crippen LogP contribution in [-0.4, -0.2) is 17.1 Å². The number of carboxylic acid groups (broad SMARTS) is 1. The molecule has 0 saturated heterocycles. The molecule has 1 aromatic carbocycles. The number of carboxylic acids is 1. The fourth-order valence-corrected chi connectivity index (χ4v) is 1.49. The number of aryl methyl sites for hydroxylation is 1. The van der Waals surface area contributed by atoms with E-state index < -0.39 is 23.8 Å². The van der Waals surface area contributed by atoms with Crippen molar-refractivity contribution in [1.29, 1.82) is 0 Å². The molecular weight excluding hydrogens is 235 g/mol. The first-order chi connectivity index (χ1) is 7.71. The van der Waals surface area contributed by atoms with Crippen molar-refractivity contribution in [2.24, 2.45) is 5.73 Å². The molecule has 0 heterocycles. The number of alkyl halides is 3. The summed E-state index contributed by atoms with van der Waals surface area (Å²) in [6, 6.07) is 2.25. The van der Waals surface area contributed by atoms with Crippen molar-refractivity contribution in [1.82, 2.24) is 0 Å². The summed E-state index contributed by atoms with van der Waals surface area (Å²) in [6.45, 7) is 1.63. The van der Waals surface area contributed by atoms with E-state index in [9.17, 15) is 18.0 Å². The Morgan fingerprint density at radius 1 is 1.47 bits per heavy atom. The molecule has 3 N–H and O–H groups in total. The predicted octanol–water partition coefficient (Wildman–Crippen LogP) is 1.97. The summed E-state index contributed by atoms with van der Waals surface area (Å²) in [6.07, 6.45) is -4.84. The Kier molecular flexibility index (Phi) is 3.77. The SMILES string of the molecule is Cc1ccc(C(F)(F)F)c(C[C@H](N)C(=O)O)c1. The first kappa shape index (κ1) is 13.5. The van der Waals surface area contributed by atoms with Crippen molar-refractivity contribution in [3.05, 3.63) is 34.9 Å². The van der Waals surface area contributed by atoms with Gasteiger partial charge in [0, 0.05) is 0 Å². The van der Waals surface area contributed by atoms with Crippen LogP contribution in [0.5, 0.6) is 0 Å². The van der Waals surface area contributed by atoms with E-state index in [1.54, 1.807) is 6.92 Å². The second-order valence-corrected chi connectivity index (χ2v) is 3.81. The third-order valence-corrected chi connectivity index (χ3v) is 2.32. The minimum Gasteiger partial charge on any atom is -0.480 e. The van der Waals surface area contributed by atoms with Crippen LogP contribution < -0.4 is 5.73 Å². The van der Waals surface area contributed by atoms with E-state index in [1.807, 2.05) is 0 Å². The van der Waals surface area contributed by atoms with Crippen LogP contribution in [0.2, 0.25) is 0 Å². The summed E-state index contributed by atoms with van der Waals surface area (Å²) in [5.41, 5.74) is 4.95. The Morgan fingerprint density at radius 2 is 2.06 bits per heavy atom. The van der Waals surface area contributed by atoms with Gasteiger partial charge in [-0.25, -0.2) is 0 Å². The predicted molar refractivity (Wildman–Crippen MR) is 55.5 cm³/mol. The monoisotopic (exact) mass is 247 g/mol. The quantitative estimate of drug-likeness (QED) is 0.858. The number of benzene rings is 1. The van der Waals surface area contributed by atoms with Gasteiger partial charge in [0.2, 0.25) is 0 Å². The van der Waals surface area contributed by atoms with Gasteiger partial charge in [-0.05, 0) is 25.0 Å². The average Bonchev–Trinajstić information content (AvgIpc) is 2.15. The molecule has 17 heavy (non-hydrogen) atoms. The smallest absolute Gasteiger partial charge is 0.416 e. The minimum absolute atomic E-state index is 0.0904. The van der Waals surface area contributed by atoms with Gasteiger partial charge in [0.1, 0.15) is 6.04 Å². The van der Waals surface area contributed by atoms with Crippen molar-refractivity contribution in [2.75, 3.05) is 0 Å². The maximum atomic E-state index is 12.6. The zero-order valence-electron chi connectivity index (χ0n) is 9.08. The van der Waals surface area contributed by atoms with Crippen LogP contribution >= 0.6 is 0 Å². The molecule has 0 spiro atoms. The minimum atomic E-state index is -4.50. The van der Waals surface area contributed by atoms with E-state index in [0.717, 1.165) is 6.07 Å². The Bertz CT molecular complexity index is 429. The van der Waals surface area contributed by atoms with Crippen molar-refractivity contribution in [3.8, 4) is 0 Å². The van der Waals surface area contributed by atoms with Gasteiger partial charge in [0.15, 0.2) is 0 Å². The largest absolute Gasteiger partial charge is 0.480 e. The molecule has 0 fully saturated rings. The van der Waals surface area contributed by atoms with E-state index in [4.69, 9.17) is 10.8 Å². The van der Waals surface area contributed by atoms with Gasteiger partial charge in [-0.1, -0.05) is 17.7 Å². The van der Waals surface area contributed by atoms with Gasteiger partial charge < -0.3 is 10.8 Å². The average molecular weight is 247 g/mol. The molecular formula is C11H12F3NO2. The van der Waals surface area contributed by atoms with Gasteiger partial charge >= 0.3 is 12.1 Å². The second-order valence-electron chi connectivity index (χ2n) is 3.81. The van der Waals surface area contributed by atoms with Crippen molar-refractivity contribution < 1.29 is 23.1 Å². The van der Waals surface area contributed by atoms with Crippen LogP contribution in [0.15, 0.2) is 18.2 Å². The van der Waals surface area contributed by atoms with E-state index in [1.165, 1.54) is 12.1 Å². The Morgan fingerprint density at radius 3 is 2.53 bits per heavy atom. The molecule has 0 unspecified atom stereocenters.